The van der Waals surface area contributed by atoms with Crippen molar-refractivity contribution in [3.8, 4) is 0 Å². The van der Waals surface area contributed by atoms with Crippen LogP contribution in [0.25, 0.3) is 0 Å². The standard InChI is InChI=1S/C26H39F3O/c1-16-6-3-4-7-18(16)11-19-13-22-20-12-21(25(14-20)15-23(19)24(22)25)10-17(2)30-9-5-8-26(27,28)29/h3,6,16-24H,4-5,7-15H2,1-2H3/t16?,17?,18?,19?,20?,21-,22?,23?,24?,25?/m1/s1. The number of hydrogen-bond acceptors (Lipinski definition) is 1. The molecule has 5 aliphatic rings. The van der Waals surface area contributed by atoms with Gasteiger partial charge in [0.25, 0.3) is 0 Å². The van der Waals surface area contributed by atoms with Crippen LogP contribution in [0.2, 0.25) is 0 Å². The number of halogens is 3. The van der Waals surface area contributed by atoms with Gasteiger partial charge in [-0.05, 0) is 117 Å². The molecule has 1 spiro atoms. The number of fused-ring (bicyclic) bond motifs is 2. The molecule has 2 bridgehead atoms. The van der Waals surface area contributed by atoms with E-state index >= 15 is 0 Å². The maximum Gasteiger partial charge on any atom is 0.389 e. The minimum absolute atomic E-state index is 0.0928. The number of ether oxygens (including phenoxy) is 1. The summed E-state index contributed by atoms with van der Waals surface area (Å²) in [5, 5.41) is 0. The molecule has 5 aliphatic carbocycles. The largest absolute Gasteiger partial charge is 0.389 e. The van der Waals surface area contributed by atoms with Crippen LogP contribution >= 0.6 is 0 Å². The topological polar surface area (TPSA) is 9.23 Å². The van der Waals surface area contributed by atoms with Gasteiger partial charge in [0.15, 0.2) is 0 Å². The van der Waals surface area contributed by atoms with Gasteiger partial charge in [0.1, 0.15) is 0 Å². The van der Waals surface area contributed by atoms with Crippen LogP contribution in [0.3, 0.4) is 0 Å². The van der Waals surface area contributed by atoms with Crippen molar-refractivity contribution in [2.45, 2.75) is 90.3 Å². The zero-order valence-corrected chi connectivity index (χ0v) is 18.7. The van der Waals surface area contributed by atoms with E-state index < -0.39 is 12.6 Å². The molecule has 0 aliphatic heterocycles. The van der Waals surface area contributed by atoms with Gasteiger partial charge in [-0.1, -0.05) is 19.1 Å². The molecule has 0 N–H and O–H groups in total. The average molecular weight is 425 g/mol. The molecule has 0 heterocycles. The fourth-order valence-electron chi connectivity index (χ4n) is 9.04. The summed E-state index contributed by atoms with van der Waals surface area (Å²) in [5.74, 6) is 7.24. The molecule has 9 unspecified atom stereocenters. The molecule has 30 heavy (non-hydrogen) atoms. The average Bonchev–Trinajstić information content (AvgIpc) is 3.24. The first-order valence-electron chi connectivity index (χ1n) is 12.6. The van der Waals surface area contributed by atoms with Crippen molar-refractivity contribution in [3.63, 3.8) is 0 Å². The van der Waals surface area contributed by atoms with Crippen molar-refractivity contribution < 1.29 is 17.9 Å². The fourth-order valence-corrected chi connectivity index (χ4v) is 9.04. The summed E-state index contributed by atoms with van der Waals surface area (Å²) in [4.78, 5) is 0. The maximum absolute atomic E-state index is 12.3. The predicted molar refractivity (Wildman–Crippen MR) is 113 cm³/mol. The Kier molecular flexibility index (Phi) is 5.56. The van der Waals surface area contributed by atoms with Crippen LogP contribution in [-0.4, -0.2) is 18.9 Å². The van der Waals surface area contributed by atoms with Crippen molar-refractivity contribution in [3.05, 3.63) is 12.2 Å². The second-order valence-electron chi connectivity index (χ2n) is 11.7. The highest BCUT2D eigenvalue weighted by molar-refractivity contribution is 5.22. The van der Waals surface area contributed by atoms with Gasteiger partial charge in [-0.3, -0.25) is 0 Å². The lowest BCUT2D eigenvalue weighted by Gasteiger charge is -2.56. The third-order valence-electron chi connectivity index (χ3n) is 10.1. The van der Waals surface area contributed by atoms with Crippen LogP contribution in [-0.2, 0) is 4.74 Å². The second kappa shape index (κ2) is 7.81. The molecule has 0 amide bonds. The Bertz CT molecular complexity index is 657. The third kappa shape index (κ3) is 3.67. The quantitative estimate of drug-likeness (QED) is 0.291. The van der Waals surface area contributed by atoms with Gasteiger partial charge < -0.3 is 4.74 Å². The van der Waals surface area contributed by atoms with E-state index in [1.165, 1.54) is 44.9 Å². The minimum Gasteiger partial charge on any atom is -0.378 e. The third-order valence-corrected chi connectivity index (χ3v) is 10.1. The Balaban J connectivity index is 1.13. The van der Waals surface area contributed by atoms with Crippen LogP contribution in [0.4, 0.5) is 13.2 Å². The SMILES string of the molecule is CC(C[C@@H]1CC2CC13CC1C(CC4CCC=CC4C)CC2C13)OCCCC(F)(F)F. The molecule has 4 fully saturated rings. The summed E-state index contributed by atoms with van der Waals surface area (Å²) in [7, 11) is 0. The summed E-state index contributed by atoms with van der Waals surface area (Å²) < 4.78 is 42.8. The summed E-state index contributed by atoms with van der Waals surface area (Å²) in [6.45, 7) is 4.74. The van der Waals surface area contributed by atoms with E-state index in [9.17, 15) is 13.2 Å². The zero-order valence-electron chi connectivity index (χ0n) is 18.7. The maximum atomic E-state index is 12.3. The van der Waals surface area contributed by atoms with Crippen molar-refractivity contribution in [2.75, 3.05) is 6.61 Å². The minimum atomic E-state index is -4.06. The summed E-state index contributed by atoms with van der Waals surface area (Å²) in [6, 6.07) is 0. The van der Waals surface area contributed by atoms with Gasteiger partial charge >= 0.3 is 6.18 Å². The van der Waals surface area contributed by atoms with Crippen LogP contribution in [0.5, 0.6) is 0 Å². The number of rotatable bonds is 8. The van der Waals surface area contributed by atoms with E-state index in [2.05, 4.69) is 26.0 Å². The monoisotopic (exact) mass is 424 g/mol. The van der Waals surface area contributed by atoms with E-state index in [0.717, 1.165) is 53.8 Å². The highest BCUT2D eigenvalue weighted by Crippen LogP contribution is 2.80. The predicted octanol–water partition coefficient (Wildman–Crippen LogP) is 7.41. The number of alkyl halides is 3. The molecule has 0 aromatic heterocycles. The molecule has 0 aromatic carbocycles. The molecule has 1 nitrogen and oxygen atoms in total. The van der Waals surface area contributed by atoms with E-state index in [0.29, 0.717) is 5.41 Å². The zero-order chi connectivity index (χ0) is 21.1. The number of allylic oxidation sites excluding steroid dienone is 2. The lowest BCUT2D eigenvalue weighted by Crippen LogP contribution is -2.51. The van der Waals surface area contributed by atoms with Crippen molar-refractivity contribution in [1.29, 1.82) is 0 Å². The van der Waals surface area contributed by atoms with Crippen molar-refractivity contribution in [1.82, 2.24) is 0 Å². The lowest BCUT2D eigenvalue weighted by molar-refractivity contribution is -0.139. The van der Waals surface area contributed by atoms with Crippen molar-refractivity contribution >= 4 is 0 Å². The highest BCUT2D eigenvalue weighted by atomic mass is 19.4. The van der Waals surface area contributed by atoms with E-state index in [4.69, 9.17) is 4.74 Å². The van der Waals surface area contributed by atoms with Gasteiger partial charge in [-0.25, -0.2) is 0 Å². The molecule has 0 saturated heterocycles. The Morgan fingerprint density at radius 1 is 1.13 bits per heavy atom. The summed E-state index contributed by atoms with van der Waals surface area (Å²) >= 11 is 0. The van der Waals surface area contributed by atoms with Gasteiger partial charge in [0.2, 0.25) is 0 Å². The Labute approximate surface area is 180 Å². The molecule has 0 radical (unpaired) electrons. The van der Waals surface area contributed by atoms with Gasteiger partial charge in [0, 0.05) is 13.0 Å². The van der Waals surface area contributed by atoms with Crippen LogP contribution in [0.15, 0.2) is 12.2 Å². The molecule has 4 heteroatoms. The normalized spacial score (nSPS) is 47.4. The summed E-state index contributed by atoms with van der Waals surface area (Å²) in [6.07, 6.45) is 11.1. The van der Waals surface area contributed by atoms with E-state index in [1.807, 2.05) is 0 Å². The molecule has 5 rings (SSSR count). The van der Waals surface area contributed by atoms with Crippen LogP contribution in [0, 0.1) is 52.8 Å². The molecule has 0 aromatic rings. The van der Waals surface area contributed by atoms with E-state index in [-0.39, 0.29) is 19.1 Å². The van der Waals surface area contributed by atoms with Crippen molar-refractivity contribution in [2.24, 2.45) is 52.8 Å². The first kappa shape index (κ1) is 21.3. The second-order valence-corrected chi connectivity index (χ2v) is 11.7. The van der Waals surface area contributed by atoms with Crippen LogP contribution < -0.4 is 0 Å². The van der Waals surface area contributed by atoms with E-state index in [1.54, 1.807) is 0 Å². The molecule has 4 saturated carbocycles. The molecule has 170 valence electrons. The Morgan fingerprint density at radius 2 is 1.97 bits per heavy atom. The van der Waals surface area contributed by atoms with Gasteiger partial charge in [-0.2, -0.15) is 13.2 Å². The smallest absolute Gasteiger partial charge is 0.378 e. The first-order valence-corrected chi connectivity index (χ1v) is 12.6. The fraction of sp³-hybridized carbons (Fsp3) is 0.923. The summed E-state index contributed by atoms with van der Waals surface area (Å²) in [5.41, 5.74) is 0.580. The van der Waals surface area contributed by atoms with Gasteiger partial charge in [0.05, 0.1) is 6.10 Å². The molecular formula is C26H39F3O. The van der Waals surface area contributed by atoms with Gasteiger partial charge in [-0.15, -0.1) is 0 Å². The Morgan fingerprint density at radius 3 is 2.73 bits per heavy atom. The first-order chi connectivity index (χ1) is 14.3. The highest BCUT2D eigenvalue weighted by Gasteiger charge is 2.73. The lowest BCUT2D eigenvalue weighted by atomic mass is 9.48. The van der Waals surface area contributed by atoms with Crippen LogP contribution in [0.1, 0.15) is 78.1 Å². The Hall–Kier alpha value is -0.510. The molecule has 10 atom stereocenters. The molecular weight excluding hydrogens is 385 g/mol. The number of hydrogen-bond donors (Lipinski definition) is 0.